The minimum Gasteiger partial charge on any atom is -0.478 e. The van der Waals surface area contributed by atoms with Gasteiger partial charge in [0.2, 0.25) is 0 Å². The third-order valence-electron chi connectivity index (χ3n) is 3.20. The third-order valence-corrected chi connectivity index (χ3v) is 3.20. The van der Waals surface area contributed by atoms with Gasteiger partial charge in [0, 0.05) is 18.2 Å². The summed E-state index contributed by atoms with van der Waals surface area (Å²) in [4.78, 5) is 42.7. The molecule has 122 valence electrons. The number of nitrogens with zero attached hydrogens (tertiary/aromatic N) is 2. The average Bonchev–Trinajstić information content (AvgIpc) is 2.53. The van der Waals surface area contributed by atoms with Gasteiger partial charge in [-0.2, -0.15) is 0 Å². The van der Waals surface area contributed by atoms with Gasteiger partial charge in [0.25, 0.3) is 11.4 Å². The smallest absolute Gasteiger partial charge is 0.343 e. The van der Waals surface area contributed by atoms with Crippen LogP contribution in [0.4, 0.5) is 11.4 Å². The summed E-state index contributed by atoms with van der Waals surface area (Å²) in [6.07, 6.45) is 0. The van der Waals surface area contributed by atoms with Crippen LogP contribution in [0.3, 0.4) is 0 Å². The highest BCUT2D eigenvalue weighted by Gasteiger charge is 2.30. The average molecular weight is 332 g/mol. The Morgan fingerprint density at radius 3 is 1.75 bits per heavy atom. The number of carbonyl (C=O) groups is 2. The molecule has 24 heavy (non-hydrogen) atoms. The lowest BCUT2D eigenvalue weighted by Gasteiger charge is -2.10. The number of aromatic carboxylic acids is 2. The highest BCUT2D eigenvalue weighted by atomic mass is 16.6. The van der Waals surface area contributed by atoms with Crippen molar-refractivity contribution in [2.24, 2.45) is 0 Å². The van der Waals surface area contributed by atoms with Crippen LogP contribution in [0.2, 0.25) is 0 Å². The summed E-state index contributed by atoms with van der Waals surface area (Å²) in [5.74, 6) is -3.42. The van der Waals surface area contributed by atoms with Gasteiger partial charge >= 0.3 is 11.9 Å². The topological polar surface area (TPSA) is 161 Å². The molecule has 2 aromatic carbocycles. The highest BCUT2D eigenvalue weighted by Crippen LogP contribution is 2.33. The Labute approximate surface area is 132 Å². The fourth-order valence-corrected chi connectivity index (χ4v) is 2.19. The summed E-state index contributed by atoms with van der Waals surface area (Å²) in [6, 6.07) is 6.67. The van der Waals surface area contributed by atoms with E-state index >= 15 is 0 Å². The maximum atomic E-state index is 11.5. The summed E-state index contributed by atoms with van der Waals surface area (Å²) < 4.78 is 0. The molecule has 0 amide bonds. The maximum Gasteiger partial charge on any atom is 0.343 e. The van der Waals surface area contributed by atoms with E-state index in [1.807, 2.05) is 0 Å². The van der Waals surface area contributed by atoms with Crippen molar-refractivity contribution in [3.8, 4) is 11.1 Å². The Bertz CT molecular complexity index is 873. The molecule has 0 aromatic heterocycles. The SMILES string of the molecule is O=C(O)c1c(-c2ccc([N+](=O)[O-])cc2)ccc([N+](=O)[O-])c1C(=O)O. The van der Waals surface area contributed by atoms with Gasteiger partial charge in [0.15, 0.2) is 5.56 Å². The molecule has 0 aliphatic rings. The van der Waals surface area contributed by atoms with Gasteiger partial charge in [-0.1, -0.05) is 0 Å². The van der Waals surface area contributed by atoms with Crippen LogP contribution >= 0.6 is 0 Å². The van der Waals surface area contributed by atoms with Crippen molar-refractivity contribution >= 4 is 23.3 Å². The summed E-state index contributed by atoms with van der Waals surface area (Å²) >= 11 is 0. The monoisotopic (exact) mass is 332 g/mol. The Kier molecular flexibility index (Phi) is 4.22. The van der Waals surface area contributed by atoms with Crippen LogP contribution in [0.15, 0.2) is 36.4 Å². The van der Waals surface area contributed by atoms with Crippen molar-refractivity contribution in [1.29, 1.82) is 0 Å². The second-order valence-corrected chi connectivity index (χ2v) is 4.55. The van der Waals surface area contributed by atoms with Crippen LogP contribution in [0.25, 0.3) is 11.1 Å². The molecule has 0 aliphatic heterocycles. The fourth-order valence-electron chi connectivity index (χ4n) is 2.19. The molecule has 0 aliphatic carbocycles. The van der Waals surface area contributed by atoms with Crippen molar-refractivity contribution in [1.82, 2.24) is 0 Å². The minimum atomic E-state index is -1.76. The number of rotatable bonds is 5. The molecular formula is C14H8N2O8. The van der Waals surface area contributed by atoms with E-state index in [1.165, 1.54) is 12.1 Å². The number of nitro benzene ring substituents is 2. The van der Waals surface area contributed by atoms with Crippen molar-refractivity contribution in [2.45, 2.75) is 0 Å². The van der Waals surface area contributed by atoms with Gasteiger partial charge in [-0.15, -0.1) is 0 Å². The van der Waals surface area contributed by atoms with Crippen molar-refractivity contribution in [2.75, 3.05) is 0 Å². The third kappa shape index (κ3) is 2.88. The van der Waals surface area contributed by atoms with Crippen molar-refractivity contribution in [3.63, 3.8) is 0 Å². The summed E-state index contributed by atoms with van der Waals surface area (Å²) in [6.45, 7) is 0. The predicted octanol–water partition coefficient (Wildman–Crippen LogP) is 2.57. The zero-order valence-electron chi connectivity index (χ0n) is 11.7. The Balaban J connectivity index is 2.77. The lowest BCUT2D eigenvalue weighted by molar-refractivity contribution is -0.385. The molecule has 0 atom stereocenters. The molecule has 10 heteroatoms. The molecule has 2 N–H and O–H groups in total. The van der Waals surface area contributed by atoms with E-state index in [4.69, 9.17) is 0 Å². The number of carboxylic acid groups (broad SMARTS) is 2. The summed E-state index contributed by atoms with van der Waals surface area (Å²) in [5.41, 5.74) is -2.73. The normalized spacial score (nSPS) is 10.2. The van der Waals surface area contributed by atoms with Crippen LogP contribution in [0.5, 0.6) is 0 Å². The van der Waals surface area contributed by atoms with E-state index in [9.17, 15) is 40.0 Å². The largest absolute Gasteiger partial charge is 0.478 e. The van der Waals surface area contributed by atoms with Crippen molar-refractivity contribution < 1.29 is 29.6 Å². The second kappa shape index (κ2) is 6.12. The molecular weight excluding hydrogens is 324 g/mol. The van der Waals surface area contributed by atoms with Crippen LogP contribution in [0.1, 0.15) is 20.7 Å². The van der Waals surface area contributed by atoms with Gasteiger partial charge in [-0.3, -0.25) is 20.2 Å². The number of carboxylic acids is 2. The first-order chi connectivity index (χ1) is 11.2. The van der Waals surface area contributed by atoms with E-state index in [1.54, 1.807) is 0 Å². The van der Waals surface area contributed by atoms with Gasteiger partial charge in [0.1, 0.15) is 0 Å². The van der Waals surface area contributed by atoms with Crippen LogP contribution in [0, 0.1) is 20.2 Å². The lowest BCUT2D eigenvalue weighted by atomic mass is 9.94. The first-order valence-corrected chi connectivity index (χ1v) is 6.27. The standard InChI is InChI=1S/C14H8N2O8/c17-13(18)11-9(7-1-3-8(4-2-7)15(21)22)5-6-10(16(23)24)12(11)14(19)20/h1-6H,(H,17,18)(H,19,20). The first kappa shape index (κ1) is 16.5. The molecule has 0 unspecified atom stereocenters. The summed E-state index contributed by atoms with van der Waals surface area (Å²) in [5, 5.41) is 40.1. The molecule has 0 bridgehead atoms. The van der Waals surface area contributed by atoms with E-state index in [-0.39, 0.29) is 16.8 Å². The van der Waals surface area contributed by atoms with Crippen molar-refractivity contribution in [3.05, 3.63) is 67.8 Å². The molecule has 2 aromatic rings. The molecule has 0 heterocycles. The fraction of sp³-hybridized carbons (Fsp3) is 0. The van der Waals surface area contributed by atoms with Crippen LogP contribution < -0.4 is 0 Å². The Hall–Kier alpha value is -3.82. The quantitative estimate of drug-likeness (QED) is 0.623. The zero-order valence-corrected chi connectivity index (χ0v) is 11.7. The number of hydrogen-bond acceptors (Lipinski definition) is 6. The van der Waals surface area contributed by atoms with E-state index in [2.05, 4.69) is 0 Å². The molecule has 0 saturated heterocycles. The van der Waals surface area contributed by atoms with E-state index in [0.29, 0.717) is 0 Å². The van der Waals surface area contributed by atoms with Crippen LogP contribution in [-0.4, -0.2) is 32.0 Å². The number of benzene rings is 2. The Morgan fingerprint density at radius 1 is 0.792 bits per heavy atom. The van der Waals surface area contributed by atoms with E-state index < -0.39 is 38.6 Å². The number of non-ortho nitro benzene ring substituents is 1. The maximum absolute atomic E-state index is 11.5. The number of hydrogen-bond donors (Lipinski definition) is 2. The molecule has 0 saturated carbocycles. The van der Waals surface area contributed by atoms with Crippen LogP contribution in [-0.2, 0) is 0 Å². The molecule has 2 rings (SSSR count). The molecule has 0 spiro atoms. The molecule has 0 fully saturated rings. The highest BCUT2D eigenvalue weighted by molar-refractivity contribution is 6.09. The number of nitro groups is 2. The van der Waals surface area contributed by atoms with Gasteiger partial charge < -0.3 is 10.2 Å². The molecule has 0 radical (unpaired) electrons. The Morgan fingerprint density at radius 2 is 1.33 bits per heavy atom. The predicted molar refractivity (Wildman–Crippen MR) is 79.1 cm³/mol. The summed E-state index contributed by atoms with van der Waals surface area (Å²) in [7, 11) is 0. The lowest BCUT2D eigenvalue weighted by Crippen LogP contribution is -2.13. The van der Waals surface area contributed by atoms with Gasteiger partial charge in [0.05, 0.1) is 15.4 Å². The molecule has 10 nitrogen and oxygen atoms in total. The second-order valence-electron chi connectivity index (χ2n) is 4.55. The zero-order chi connectivity index (χ0) is 18.0. The van der Waals surface area contributed by atoms with Gasteiger partial charge in [-0.05, 0) is 29.3 Å². The van der Waals surface area contributed by atoms with Gasteiger partial charge in [-0.25, -0.2) is 9.59 Å². The minimum absolute atomic E-state index is 0.0969. The first-order valence-electron chi connectivity index (χ1n) is 6.27. The van der Waals surface area contributed by atoms with E-state index in [0.717, 1.165) is 24.3 Å².